The molecule has 0 unspecified atom stereocenters. The van der Waals surface area contributed by atoms with Gasteiger partial charge >= 0.3 is 0 Å². The molecule has 1 fully saturated rings. The molecule has 1 aliphatic heterocycles. The summed E-state index contributed by atoms with van der Waals surface area (Å²) in [7, 11) is -3.87. The Morgan fingerprint density at radius 1 is 1.10 bits per heavy atom. The monoisotopic (exact) mass is 417 g/mol. The zero-order valence-corrected chi connectivity index (χ0v) is 16.7. The molecule has 2 heterocycles. The average molecular weight is 417 g/mol. The van der Waals surface area contributed by atoms with Crippen LogP contribution in [0.4, 0.5) is 4.39 Å². The van der Waals surface area contributed by atoms with Gasteiger partial charge in [-0.25, -0.2) is 17.8 Å². The molecule has 1 atom stereocenters. The van der Waals surface area contributed by atoms with E-state index in [0.29, 0.717) is 29.8 Å². The number of hydrogen-bond donors (Lipinski definition) is 2. The first kappa shape index (κ1) is 19.7. The summed E-state index contributed by atoms with van der Waals surface area (Å²) in [5, 5.41) is 0.541. The minimum atomic E-state index is -3.87. The summed E-state index contributed by atoms with van der Waals surface area (Å²) in [5.41, 5.74) is 0.455. The standard InChI is InChI=1S/C20H21FN4O3S/c1-14(19-22-17-8-4-2-6-15(17)20(26)23-19)24-10-12-25(13-11-24)29(27,28)18-9-5-3-7-16(18)21/h2-9,14H,10-13H2,1H3,(H,22,23,26)/p+1/t14-/m0/s1. The Kier molecular flexibility index (Phi) is 5.20. The van der Waals surface area contributed by atoms with Gasteiger partial charge in [-0.05, 0) is 31.2 Å². The van der Waals surface area contributed by atoms with Crippen molar-refractivity contribution in [2.45, 2.75) is 17.9 Å². The van der Waals surface area contributed by atoms with E-state index in [2.05, 4.69) is 9.97 Å². The molecule has 7 nitrogen and oxygen atoms in total. The third-order valence-corrected chi connectivity index (χ3v) is 7.40. The second kappa shape index (κ2) is 7.66. The van der Waals surface area contributed by atoms with Crippen LogP contribution in [0.5, 0.6) is 0 Å². The smallest absolute Gasteiger partial charge is 0.258 e. The van der Waals surface area contributed by atoms with E-state index in [0.717, 1.165) is 11.0 Å². The molecule has 0 bridgehead atoms. The zero-order valence-electron chi connectivity index (χ0n) is 15.9. The fourth-order valence-corrected chi connectivity index (χ4v) is 5.25. The van der Waals surface area contributed by atoms with Crippen LogP contribution >= 0.6 is 0 Å². The van der Waals surface area contributed by atoms with Crippen LogP contribution in [-0.4, -0.2) is 48.9 Å². The van der Waals surface area contributed by atoms with Crippen LogP contribution < -0.4 is 10.5 Å². The molecule has 0 amide bonds. The second-order valence-corrected chi connectivity index (χ2v) is 9.09. The Labute approximate surface area is 167 Å². The first-order chi connectivity index (χ1) is 13.9. The van der Waals surface area contributed by atoms with Gasteiger partial charge in [0.2, 0.25) is 10.0 Å². The van der Waals surface area contributed by atoms with E-state index in [1.54, 1.807) is 18.2 Å². The molecule has 29 heavy (non-hydrogen) atoms. The van der Waals surface area contributed by atoms with Crippen LogP contribution in [0.1, 0.15) is 18.8 Å². The highest BCUT2D eigenvalue weighted by atomic mass is 32.2. The Morgan fingerprint density at radius 3 is 2.48 bits per heavy atom. The maximum absolute atomic E-state index is 14.0. The number of hydrogen-bond acceptors (Lipinski definition) is 4. The molecule has 2 N–H and O–H groups in total. The van der Waals surface area contributed by atoms with Crippen LogP contribution in [0, 0.1) is 5.82 Å². The van der Waals surface area contributed by atoms with Crippen LogP contribution in [0.15, 0.2) is 58.2 Å². The molecule has 0 radical (unpaired) electrons. The van der Waals surface area contributed by atoms with Crippen molar-refractivity contribution in [1.82, 2.24) is 14.3 Å². The van der Waals surface area contributed by atoms with Gasteiger partial charge in [0.05, 0.1) is 37.1 Å². The number of para-hydroxylation sites is 1. The van der Waals surface area contributed by atoms with E-state index in [9.17, 15) is 17.6 Å². The van der Waals surface area contributed by atoms with Gasteiger partial charge in [0.1, 0.15) is 16.8 Å². The van der Waals surface area contributed by atoms with Crippen LogP contribution in [0.3, 0.4) is 0 Å². The second-order valence-electron chi connectivity index (χ2n) is 7.18. The molecule has 9 heteroatoms. The van der Waals surface area contributed by atoms with Gasteiger partial charge in [-0.2, -0.15) is 4.31 Å². The molecular formula is C20H22FN4O3S+. The van der Waals surface area contributed by atoms with Gasteiger partial charge in [0, 0.05) is 0 Å². The molecule has 2 aromatic carbocycles. The number of fused-ring (bicyclic) bond motifs is 1. The number of aromatic nitrogens is 2. The van der Waals surface area contributed by atoms with Crippen molar-refractivity contribution in [2.24, 2.45) is 0 Å². The van der Waals surface area contributed by atoms with E-state index >= 15 is 0 Å². The largest absolute Gasteiger partial charge is 0.324 e. The summed E-state index contributed by atoms with van der Waals surface area (Å²) in [4.78, 5) is 20.6. The molecule has 0 aliphatic carbocycles. The number of aromatic amines is 1. The molecule has 1 saturated heterocycles. The van der Waals surface area contributed by atoms with E-state index in [1.165, 1.54) is 22.5 Å². The van der Waals surface area contributed by atoms with Gasteiger partial charge in [-0.1, -0.05) is 24.3 Å². The summed E-state index contributed by atoms with van der Waals surface area (Å²) in [6.45, 7) is 3.57. The highest BCUT2D eigenvalue weighted by molar-refractivity contribution is 7.89. The Hall–Kier alpha value is -2.62. The SMILES string of the molecule is C[C@@H](c1nc2ccccc2c(=O)[nH]1)[NH+]1CCN(S(=O)(=O)c2ccccc2F)CC1. The summed E-state index contributed by atoms with van der Waals surface area (Å²) in [6.07, 6.45) is 0. The van der Waals surface area contributed by atoms with Crippen LogP contribution in [0.25, 0.3) is 10.9 Å². The summed E-state index contributed by atoms with van der Waals surface area (Å²) >= 11 is 0. The van der Waals surface area contributed by atoms with E-state index < -0.39 is 15.8 Å². The van der Waals surface area contributed by atoms with Gasteiger partial charge in [-0.3, -0.25) is 4.79 Å². The van der Waals surface area contributed by atoms with Crippen molar-refractivity contribution in [3.8, 4) is 0 Å². The lowest BCUT2D eigenvalue weighted by Crippen LogP contribution is -3.14. The van der Waals surface area contributed by atoms with Crippen molar-refractivity contribution in [1.29, 1.82) is 0 Å². The van der Waals surface area contributed by atoms with E-state index in [4.69, 9.17) is 0 Å². The lowest BCUT2D eigenvalue weighted by Gasteiger charge is -2.34. The van der Waals surface area contributed by atoms with Gasteiger partial charge in [-0.15, -0.1) is 0 Å². The number of piperazine rings is 1. The average Bonchev–Trinajstić information content (AvgIpc) is 2.73. The normalized spacial score (nSPS) is 17.4. The summed E-state index contributed by atoms with van der Waals surface area (Å²) in [6, 6.07) is 12.5. The predicted octanol–water partition coefficient (Wildman–Crippen LogP) is 0.713. The topological polar surface area (TPSA) is 87.6 Å². The molecule has 1 aromatic heterocycles. The van der Waals surface area contributed by atoms with Crippen molar-refractivity contribution in [2.75, 3.05) is 26.2 Å². The quantitative estimate of drug-likeness (QED) is 0.655. The maximum Gasteiger partial charge on any atom is 0.258 e. The first-order valence-corrected chi connectivity index (χ1v) is 10.9. The molecule has 0 spiro atoms. The minimum Gasteiger partial charge on any atom is -0.324 e. The van der Waals surface area contributed by atoms with E-state index in [1.807, 2.05) is 13.0 Å². The number of nitrogens with one attached hydrogen (secondary N) is 2. The highest BCUT2D eigenvalue weighted by Gasteiger charge is 2.34. The number of halogens is 1. The minimum absolute atomic E-state index is 0.106. The number of quaternary nitrogens is 1. The fourth-order valence-electron chi connectivity index (χ4n) is 3.74. The summed E-state index contributed by atoms with van der Waals surface area (Å²) < 4.78 is 40.8. The predicted molar refractivity (Wildman–Crippen MR) is 107 cm³/mol. The van der Waals surface area contributed by atoms with Gasteiger partial charge in [0.25, 0.3) is 5.56 Å². The number of benzene rings is 2. The number of sulfonamides is 1. The third-order valence-electron chi connectivity index (χ3n) is 5.47. The lowest BCUT2D eigenvalue weighted by molar-refractivity contribution is -0.933. The van der Waals surface area contributed by atoms with Crippen molar-refractivity contribution in [3.63, 3.8) is 0 Å². The first-order valence-electron chi connectivity index (χ1n) is 9.46. The molecule has 152 valence electrons. The summed E-state index contributed by atoms with van der Waals surface area (Å²) in [5.74, 6) is -0.164. The van der Waals surface area contributed by atoms with Gasteiger partial charge in [0.15, 0.2) is 5.82 Å². The van der Waals surface area contributed by atoms with Crippen molar-refractivity contribution in [3.05, 3.63) is 70.5 Å². The Morgan fingerprint density at radius 2 is 1.76 bits per heavy atom. The van der Waals surface area contributed by atoms with Gasteiger partial charge < -0.3 is 9.88 Å². The van der Waals surface area contributed by atoms with Crippen LogP contribution in [-0.2, 0) is 10.0 Å². The molecule has 1 aliphatic rings. The molecule has 3 aromatic rings. The molecular weight excluding hydrogens is 395 g/mol. The highest BCUT2D eigenvalue weighted by Crippen LogP contribution is 2.19. The Balaban J connectivity index is 1.51. The third kappa shape index (κ3) is 3.68. The maximum atomic E-state index is 14.0. The van der Waals surface area contributed by atoms with Crippen molar-refractivity contribution < 1.29 is 17.7 Å². The number of H-pyrrole nitrogens is 1. The zero-order chi connectivity index (χ0) is 20.6. The molecule has 4 rings (SSSR count). The van der Waals surface area contributed by atoms with Crippen molar-refractivity contribution >= 4 is 20.9 Å². The number of rotatable bonds is 4. The lowest BCUT2D eigenvalue weighted by atomic mass is 10.2. The molecule has 0 saturated carbocycles. The Bertz CT molecular complexity index is 1200. The van der Waals surface area contributed by atoms with Crippen LogP contribution in [0.2, 0.25) is 0 Å². The number of nitrogens with zero attached hydrogens (tertiary/aromatic N) is 2. The fraction of sp³-hybridized carbons (Fsp3) is 0.300. The van der Waals surface area contributed by atoms with E-state index in [-0.39, 0.29) is 29.6 Å².